The molecule has 15 heavy (non-hydrogen) atoms. The van der Waals surface area contributed by atoms with Gasteiger partial charge in [-0.2, -0.15) is 0 Å². The summed E-state index contributed by atoms with van der Waals surface area (Å²) >= 11 is 5.91. The summed E-state index contributed by atoms with van der Waals surface area (Å²) in [4.78, 5) is 10.7. The first kappa shape index (κ1) is 12.1. The number of rotatable bonds is 3. The molecule has 1 aromatic carbocycles. The summed E-state index contributed by atoms with van der Waals surface area (Å²) in [6.45, 7) is 5.81. The van der Waals surface area contributed by atoms with E-state index >= 15 is 0 Å². The fraction of sp³-hybridized carbons (Fsp3) is 0.417. The molecule has 2 nitrogen and oxygen atoms in total. The van der Waals surface area contributed by atoms with Crippen LogP contribution in [0.2, 0.25) is 5.02 Å². The first-order chi connectivity index (χ1) is 6.92. The van der Waals surface area contributed by atoms with Crippen molar-refractivity contribution in [3.63, 3.8) is 0 Å². The summed E-state index contributed by atoms with van der Waals surface area (Å²) in [6.07, 6.45) is 0. The molecule has 0 aliphatic carbocycles. The minimum atomic E-state index is -0.259. The van der Waals surface area contributed by atoms with Crippen LogP contribution >= 0.6 is 11.6 Å². The fourth-order valence-corrected chi connectivity index (χ4v) is 1.47. The topological polar surface area (TPSA) is 26.3 Å². The molecule has 0 saturated heterocycles. The molecule has 0 radical (unpaired) electrons. The summed E-state index contributed by atoms with van der Waals surface area (Å²) in [7, 11) is 0. The fourth-order valence-electron chi connectivity index (χ4n) is 1.27. The monoisotopic (exact) mass is 226 g/mol. The van der Waals surface area contributed by atoms with E-state index in [4.69, 9.17) is 16.3 Å². The lowest BCUT2D eigenvalue weighted by molar-refractivity contribution is -0.142. The Kier molecular flexibility index (Phi) is 3.75. The van der Waals surface area contributed by atoms with E-state index in [1.807, 2.05) is 38.1 Å². The molecule has 0 saturated carbocycles. The van der Waals surface area contributed by atoms with Gasteiger partial charge in [-0.3, -0.25) is 4.79 Å². The predicted octanol–water partition coefficient (Wildman–Crippen LogP) is 3.18. The molecular weight excluding hydrogens is 212 g/mol. The van der Waals surface area contributed by atoms with Crippen LogP contribution in [-0.4, -0.2) is 12.6 Å². The number of carbonyl (C=O) groups is 1. The average Bonchev–Trinajstić information content (AvgIpc) is 2.15. The molecule has 0 aromatic heterocycles. The van der Waals surface area contributed by atoms with Gasteiger partial charge in [-0.05, 0) is 17.7 Å². The lowest BCUT2D eigenvalue weighted by atomic mass is 9.86. The van der Waals surface area contributed by atoms with Gasteiger partial charge in [-0.15, -0.1) is 0 Å². The van der Waals surface area contributed by atoms with E-state index in [1.165, 1.54) is 6.92 Å². The molecule has 0 fully saturated rings. The van der Waals surface area contributed by atoms with Crippen LogP contribution < -0.4 is 0 Å². The van der Waals surface area contributed by atoms with Crippen LogP contribution in [0.4, 0.5) is 0 Å². The Morgan fingerprint density at radius 1 is 1.47 bits per heavy atom. The van der Waals surface area contributed by atoms with E-state index in [0.717, 1.165) is 5.56 Å². The van der Waals surface area contributed by atoms with Gasteiger partial charge in [0.1, 0.15) is 6.61 Å². The summed E-state index contributed by atoms with van der Waals surface area (Å²) in [5.74, 6) is -0.259. The van der Waals surface area contributed by atoms with Gasteiger partial charge in [-0.1, -0.05) is 37.6 Å². The molecule has 0 heterocycles. The van der Waals surface area contributed by atoms with Crippen LogP contribution in [0.15, 0.2) is 24.3 Å². The highest BCUT2D eigenvalue weighted by molar-refractivity contribution is 6.30. The van der Waals surface area contributed by atoms with Crippen LogP contribution in [0.1, 0.15) is 26.3 Å². The van der Waals surface area contributed by atoms with E-state index in [9.17, 15) is 4.79 Å². The number of esters is 1. The Morgan fingerprint density at radius 2 is 2.13 bits per heavy atom. The third-order valence-corrected chi connectivity index (χ3v) is 2.48. The molecule has 0 N–H and O–H groups in total. The van der Waals surface area contributed by atoms with Crippen LogP contribution in [0, 0.1) is 0 Å². The van der Waals surface area contributed by atoms with Crippen molar-refractivity contribution in [2.75, 3.05) is 6.61 Å². The third kappa shape index (κ3) is 3.56. The molecule has 0 aliphatic rings. The first-order valence-electron chi connectivity index (χ1n) is 4.81. The van der Waals surface area contributed by atoms with Crippen molar-refractivity contribution < 1.29 is 9.53 Å². The van der Waals surface area contributed by atoms with Crippen LogP contribution in [0.3, 0.4) is 0 Å². The second-order valence-electron chi connectivity index (χ2n) is 4.17. The zero-order chi connectivity index (χ0) is 11.5. The van der Waals surface area contributed by atoms with E-state index in [-0.39, 0.29) is 11.4 Å². The molecule has 1 aromatic rings. The highest BCUT2D eigenvalue weighted by Gasteiger charge is 2.22. The highest BCUT2D eigenvalue weighted by atomic mass is 35.5. The van der Waals surface area contributed by atoms with Crippen LogP contribution in [-0.2, 0) is 14.9 Å². The molecular formula is C12H15ClO2. The van der Waals surface area contributed by atoms with E-state index in [2.05, 4.69) is 0 Å². The Morgan fingerprint density at radius 3 is 2.67 bits per heavy atom. The number of ether oxygens (including phenoxy) is 1. The molecule has 0 aliphatic heterocycles. The maximum atomic E-state index is 10.7. The Hall–Kier alpha value is -1.02. The van der Waals surface area contributed by atoms with Gasteiger partial charge in [0.15, 0.2) is 0 Å². The average molecular weight is 227 g/mol. The number of halogens is 1. The van der Waals surface area contributed by atoms with Gasteiger partial charge >= 0.3 is 5.97 Å². The second-order valence-corrected chi connectivity index (χ2v) is 4.61. The van der Waals surface area contributed by atoms with E-state index < -0.39 is 0 Å². The summed E-state index contributed by atoms with van der Waals surface area (Å²) in [5, 5.41) is 0.698. The largest absolute Gasteiger partial charge is 0.465 e. The van der Waals surface area contributed by atoms with Crippen molar-refractivity contribution in [3.05, 3.63) is 34.9 Å². The molecule has 0 spiro atoms. The normalized spacial score (nSPS) is 11.2. The zero-order valence-corrected chi connectivity index (χ0v) is 9.97. The Bertz CT molecular complexity index is 358. The van der Waals surface area contributed by atoms with Crippen LogP contribution in [0.5, 0.6) is 0 Å². The highest BCUT2D eigenvalue weighted by Crippen LogP contribution is 2.25. The van der Waals surface area contributed by atoms with Gasteiger partial charge in [0.2, 0.25) is 0 Å². The standard InChI is InChI=1S/C12H15ClO2/c1-9(14)15-8-12(2,3)10-5-4-6-11(13)7-10/h4-7H,8H2,1-3H3. The summed E-state index contributed by atoms with van der Waals surface area (Å²) < 4.78 is 5.02. The molecule has 0 atom stereocenters. The van der Waals surface area contributed by atoms with E-state index in [0.29, 0.717) is 11.6 Å². The molecule has 1 rings (SSSR count). The number of carbonyl (C=O) groups excluding carboxylic acids is 1. The smallest absolute Gasteiger partial charge is 0.302 e. The van der Waals surface area contributed by atoms with E-state index in [1.54, 1.807) is 0 Å². The minimum absolute atomic E-state index is 0.212. The molecule has 82 valence electrons. The first-order valence-corrected chi connectivity index (χ1v) is 5.19. The number of hydrogen-bond acceptors (Lipinski definition) is 2. The van der Waals surface area contributed by atoms with Gasteiger partial charge in [0.25, 0.3) is 0 Å². The van der Waals surface area contributed by atoms with Crippen molar-refractivity contribution in [2.24, 2.45) is 0 Å². The lowest BCUT2D eigenvalue weighted by Gasteiger charge is -2.24. The second kappa shape index (κ2) is 4.67. The third-order valence-electron chi connectivity index (χ3n) is 2.24. The number of benzene rings is 1. The Labute approximate surface area is 95.2 Å². The SMILES string of the molecule is CC(=O)OCC(C)(C)c1cccc(Cl)c1. The van der Waals surface area contributed by atoms with Crippen molar-refractivity contribution >= 4 is 17.6 Å². The Balaban J connectivity index is 2.80. The van der Waals surface area contributed by atoms with Crippen molar-refractivity contribution in [1.82, 2.24) is 0 Å². The zero-order valence-electron chi connectivity index (χ0n) is 9.21. The predicted molar refractivity (Wildman–Crippen MR) is 61.1 cm³/mol. The van der Waals surface area contributed by atoms with Gasteiger partial charge < -0.3 is 4.74 Å². The quantitative estimate of drug-likeness (QED) is 0.740. The van der Waals surface area contributed by atoms with Gasteiger partial charge in [-0.25, -0.2) is 0 Å². The van der Waals surface area contributed by atoms with Crippen molar-refractivity contribution in [3.8, 4) is 0 Å². The van der Waals surface area contributed by atoms with Crippen molar-refractivity contribution in [1.29, 1.82) is 0 Å². The maximum absolute atomic E-state index is 10.7. The van der Waals surface area contributed by atoms with Crippen LogP contribution in [0.25, 0.3) is 0 Å². The van der Waals surface area contributed by atoms with Gasteiger partial charge in [0.05, 0.1) is 0 Å². The lowest BCUT2D eigenvalue weighted by Crippen LogP contribution is -2.25. The molecule has 0 amide bonds. The summed E-state index contributed by atoms with van der Waals surface area (Å²) in [5.41, 5.74) is 0.854. The van der Waals surface area contributed by atoms with Crippen molar-refractivity contribution in [2.45, 2.75) is 26.2 Å². The summed E-state index contributed by atoms with van der Waals surface area (Å²) in [6, 6.07) is 7.60. The maximum Gasteiger partial charge on any atom is 0.302 e. The molecule has 3 heteroatoms. The number of hydrogen-bond donors (Lipinski definition) is 0. The van der Waals surface area contributed by atoms with Gasteiger partial charge in [0, 0.05) is 17.4 Å². The molecule has 0 unspecified atom stereocenters. The molecule has 0 bridgehead atoms. The minimum Gasteiger partial charge on any atom is -0.465 e.